The number of fused-ring (bicyclic) bond motifs is 1. The Morgan fingerprint density at radius 1 is 1.48 bits per heavy atom. The topological polar surface area (TPSA) is 66.7 Å². The lowest BCUT2D eigenvalue weighted by Gasteiger charge is -2.35. The number of morpholine rings is 1. The number of hydrogen-bond donors (Lipinski definition) is 2. The monoisotopic (exact) mass is 434 g/mol. The minimum atomic E-state index is 0. The van der Waals surface area contributed by atoms with E-state index in [4.69, 9.17) is 4.74 Å². The average Bonchev–Trinajstić information content (AvgIpc) is 3.15. The lowest BCUT2D eigenvalue weighted by Crippen LogP contribution is -2.51. The van der Waals surface area contributed by atoms with Crippen LogP contribution in [0.1, 0.15) is 18.5 Å². The second kappa shape index (κ2) is 8.84. The number of ether oxygens (including phenoxy) is 1. The number of nitrogens with one attached hydrogen (secondary N) is 2. The number of hydrogen-bond acceptors (Lipinski definition) is 4. The highest BCUT2D eigenvalue weighted by atomic mass is 127. The molecule has 0 amide bonds. The zero-order valence-corrected chi connectivity index (χ0v) is 16.2. The Labute approximate surface area is 154 Å². The molecule has 130 valence electrons. The third kappa shape index (κ3) is 4.80. The molecular weight excluding hydrogens is 407 g/mol. The third-order valence-electron chi connectivity index (χ3n) is 4.54. The predicted molar refractivity (Wildman–Crippen MR) is 101 cm³/mol. The molecule has 0 saturated carbocycles. The van der Waals surface area contributed by atoms with Gasteiger partial charge >= 0.3 is 0 Å². The van der Waals surface area contributed by atoms with Gasteiger partial charge in [0.25, 0.3) is 0 Å². The summed E-state index contributed by atoms with van der Waals surface area (Å²) < 4.78 is 7.81. The molecule has 1 aromatic rings. The fourth-order valence-electron chi connectivity index (χ4n) is 3.19. The van der Waals surface area contributed by atoms with Crippen LogP contribution in [0, 0.1) is 0 Å². The van der Waals surface area contributed by atoms with Gasteiger partial charge in [-0.3, -0.25) is 14.6 Å². The molecule has 0 radical (unpaired) electrons. The number of nitrogens with zero attached hydrogens (tertiary/aromatic N) is 4. The smallest absolute Gasteiger partial charge is 0.191 e. The van der Waals surface area contributed by atoms with Crippen LogP contribution in [0.5, 0.6) is 0 Å². The maximum atomic E-state index is 5.96. The molecular formula is C15H27IN6O. The number of guanidine groups is 1. The zero-order valence-electron chi connectivity index (χ0n) is 13.9. The highest BCUT2D eigenvalue weighted by Gasteiger charge is 2.32. The summed E-state index contributed by atoms with van der Waals surface area (Å²) in [5, 5.41) is 10.8. The van der Waals surface area contributed by atoms with E-state index >= 15 is 0 Å². The molecule has 2 unspecified atom stereocenters. The van der Waals surface area contributed by atoms with Crippen molar-refractivity contribution in [3.05, 3.63) is 18.0 Å². The first kappa shape index (κ1) is 18.5. The number of halogens is 1. The zero-order chi connectivity index (χ0) is 15.4. The SMILES string of the molecule is CN=C(NCc1ccnn1C)NCC1CN2CCCC2CO1.I. The first-order valence-corrected chi connectivity index (χ1v) is 8.03. The second-order valence-corrected chi connectivity index (χ2v) is 6.00. The van der Waals surface area contributed by atoms with Crippen molar-refractivity contribution in [1.82, 2.24) is 25.3 Å². The summed E-state index contributed by atoms with van der Waals surface area (Å²) >= 11 is 0. The molecule has 3 heterocycles. The highest BCUT2D eigenvalue weighted by molar-refractivity contribution is 14.0. The summed E-state index contributed by atoms with van der Waals surface area (Å²) in [6, 6.07) is 2.65. The molecule has 0 spiro atoms. The Morgan fingerprint density at radius 2 is 2.35 bits per heavy atom. The molecule has 2 N–H and O–H groups in total. The minimum absolute atomic E-state index is 0. The van der Waals surface area contributed by atoms with Crippen LogP contribution in [0.15, 0.2) is 17.3 Å². The summed E-state index contributed by atoms with van der Waals surface area (Å²) in [5.74, 6) is 0.799. The summed E-state index contributed by atoms with van der Waals surface area (Å²) in [4.78, 5) is 6.82. The van der Waals surface area contributed by atoms with Gasteiger partial charge in [-0.25, -0.2) is 0 Å². The normalized spacial score (nSPS) is 24.9. The molecule has 1 aromatic heterocycles. The van der Waals surface area contributed by atoms with E-state index in [0.29, 0.717) is 12.6 Å². The van der Waals surface area contributed by atoms with Gasteiger partial charge in [0.1, 0.15) is 0 Å². The van der Waals surface area contributed by atoms with Crippen molar-refractivity contribution in [3.8, 4) is 0 Å². The van der Waals surface area contributed by atoms with Crippen LogP contribution in [0.4, 0.5) is 0 Å². The number of aliphatic imine (C=N–C) groups is 1. The van der Waals surface area contributed by atoms with Gasteiger partial charge in [-0.1, -0.05) is 0 Å². The van der Waals surface area contributed by atoms with Crippen molar-refractivity contribution in [2.45, 2.75) is 31.5 Å². The van der Waals surface area contributed by atoms with Gasteiger partial charge in [-0.05, 0) is 25.5 Å². The van der Waals surface area contributed by atoms with Gasteiger partial charge in [-0.2, -0.15) is 5.10 Å². The molecule has 2 aliphatic rings. The molecule has 0 bridgehead atoms. The molecule has 2 atom stereocenters. The van der Waals surface area contributed by atoms with Gasteiger partial charge in [0, 0.05) is 39.4 Å². The van der Waals surface area contributed by atoms with E-state index in [-0.39, 0.29) is 30.1 Å². The first-order valence-electron chi connectivity index (χ1n) is 8.03. The molecule has 2 aliphatic heterocycles. The molecule has 3 rings (SSSR count). The number of rotatable bonds is 4. The van der Waals surface area contributed by atoms with Crippen LogP contribution in [0.3, 0.4) is 0 Å². The van der Waals surface area contributed by atoms with E-state index in [1.165, 1.54) is 19.4 Å². The predicted octanol–water partition coefficient (Wildman–Crippen LogP) is 0.566. The van der Waals surface area contributed by atoms with Gasteiger partial charge in [0.15, 0.2) is 5.96 Å². The Kier molecular flexibility index (Phi) is 7.09. The largest absolute Gasteiger partial charge is 0.373 e. The Bertz CT molecular complexity index is 520. The van der Waals surface area contributed by atoms with Gasteiger partial charge in [0.2, 0.25) is 0 Å². The fourth-order valence-corrected chi connectivity index (χ4v) is 3.19. The summed E-state index contributed by atoms with van der Waals surface area (Å²) in [5.41, 5.74) is 1.12. The molecule has 23 heavy (non-hydrogen) atoms. The van der Waals surface area contributed by atoms with E-state index < -0.39 is 0 Å². The van der Waals surface area contributed by atoms with Crippen LogP contribution in [0.25, 0.3) is 0 Å². The maximum absolute atomic E-state index is 5.96. The molecule has 0 aliphatic carbocycles. The van der Waals surface area contributed by atoms with Crippen LogP contribution >= 0.6 is 24.0 Å². The number of aryl methyl sites for hydroxylation is 1. The average molecular weight is 434 g/mol. The lowest BCUT2D eigenvalue weighted by molar-refractivity contribution is -0.0453. The fraction of sp³-hybridized carbons (Fsp3) is 0.733. The molecule has 2 fully saturated rings. The van der Waals surface area contributed by atoms with Crippen molar-refractivity contribution in [2.75, 3.05) is 33.3 Å². The van der Waals surface area contributed by atoms with Crippen molar-refractivity contribution in [3.63, 3.8) is 0 Å². The van der Waals surface area contributed by atoms with Crippen molar-refractivity contribution < 1.29 is 4.74 Å². The van der Waals surface area contributed by atoms with Gasteiger partial charge in [0.05, 0.1) is 24.9 Å². The maximum Gasteiger partial charge on any atom is 0.191 e. The van der Waals surface area contributed by atoms with Crippen molar-refractivity contribution in [1.29, 1.82) is 0 Å². The Balaban J connectivity index is 0.00000192. The summed E-state index contributed by atoms with van der Waals surface area (Å²) in [6.45, 7) is 4.60. The second-order valence-electron chi connectivity index (χ2n) is 6.00. The van der Waals surface area contributed by atoms with Gasteiger partial charge in [-0.15, -0.1) is 24.0 Å². The highest BCUT2D eigenvalue weighted by Crippen LogP contribution is 2.22. The first-order chi connectivity index (χ1) is 10.8. The molecule has 8 heteroatoms. The lowest BCUT2D eigenvalue weighted by atomic mass is 10.2. The van der Waals surface area contributed by atoms with Crippen LogP contribution in [-0.4, -0.2) is 66.1 Å². The van der Waals surface area contributed by atoms with Gasteiger partial charge < -0.3 is 15.4 Å². The summed E-state index contributed by atoms with van der Waals surface area (Å²) in [6.07, 6.45) is 4.63. The van der Waals surface area contributed by atoms with E-state index in [0.717, 1.165) is 31.3 Å². The Hall–Kier alpha value is -0.870. The Morgan fingerprint density at radius 3 is 3.09 bits per heavy atom. The molecule has 0 aromatic carbocycles. The number of aromatic nitrogens is 2. The van der Waals surface area contributed by atoms with Crippen molar-refractivity contribution in [2.24, 2.45) is 12.0 Å². The third-order valence-corrected chi connectivity index (χ3v) is 4.54. The van der Waals surface area contributed by atoms with E-state index in [1.807, 2.05) is 17.8 Å². The standard InChI is InChI=1S/C15H26N6O.HI/c1-16-15(17-8-12-5-6-19-20(12)2)18-9-14-10-21-7-3-4-13(21)11-22-14;/h5-6,13-14H,3-4,7-11H2,1-2H3,(H2,16,17,18);1H. The van der Waals surface area contributed by atoms with E-state index in [9.17, 15) is 0 Å². The van der Waals surface area contributed by atoms with Crippen molar-refractivity contribution >= 4 is 29.9 Å². The quantitative estimate of drug-likeness (QED) is 0.412. The molecule has 7 nitrogen and oxygen atoms in total. The summed E-state index contributed by atoms with van der Waals surface area (Å²) in [7, 11) is 3.73. The van der Waals surface area contributed by atoms with Crippen LogP contribution in [0.2, 0.25) is 0 Å². The minimum Gasteiger partial charge on any atom is -0.373 e. The molecule has 2 saturated heterocycles. The van der Waals surface area contributed by atoms with E-state index in [2.05, 4.69) is 25.6 Å². The van der Waals surface area contributed by atoms with Crippen LogP contribution in [-0.2, 0) is 18.3 Å². The van der Waals surface area contributed by atoms with E-state index in [1.54, 1.807) is 13.2 Å². The van der Waals surface area contributed by atoms with Crippen LogP contribution < -0.4 is 10.6 Å².